The maximum absolute atomic E-state index is 10.5. The number of nitrogens with zero attached hydrogens (tertiary/aromatic N) is 3. The molecule has 0 bridgehead atoms. The Bertz CT molecular complexity index is 1010. The number of aromatic hydroxyl groups is 1. The molecule has 2 N–H and O–H groups in total. The molecule has 0 amide bonds. The van der Waals surface area contributed by atoms with E-state index in [-0.39, 0.29) is 5.75 Å². The van der Waals surface area contributed by atoms with Gasteiger partial charge in [0.25, 0.3) is 0 Å². The highest BCUT2D eigenvalue weighted by Gasteiger charge is 2.12. The van der Waals surface area contributed by atoms with E-state index in [4.69, 9.17) is 4.42 Å². The van der Waals surface area contributed by atoms with Crippen LogP contribution in [0.5, 0.6) is 5.75 Å². The van der Waals surface area contributed by atoms with Crippen LogP contribution in [0.25, 0.3) is 22.4 Å². The monoisotopic (exact) mass is 318 g/mol. The molecule has 2 aromatic heterocycles. The summed E-state index contributed by atoms with van der Waals surface area (Å²) in [5.74, 6) is 0.332. The number of hydrogen-bond donors (Lipinski definition) is 2. The largest absolute Gasteiger partial charge is 0.503 e. The minimum atomic E-state index is -0.000908. The molecule has 2 aromatic carbocycles. The third-order valence-corrected chi connectivity index (χ3v) is 3.74. The van der Waals surface area contributed by atoms with Gasteiger partial charge in [0.05, 0.1) is 0 Å². The predicted molar refractivity (Wildman–Crippen MR) is 91.2 cm³/mol. The number of aryl methyl sites for hydroxylation is 1. The van der Waals surface area contributed by atoms with E-state index < -0.39 is 0 Å². The van der Waals surface area contributed by atoms with Crippen molar-refractivity contribution in [2.45, 2.75) is 6.92 Å². The highest BCUT2D eigenvalue weighted by Crippen LogP contribution is 2.33. The maximum atomic E-state index is 10.5. The molecular formula is C18H14N4O2. The highest BCUT2D eigenvalue weighted by atomic mass is 16.3. The zero-order valence-electron chi connectivity index (χ0n) is 12.9. The Morgan fingerprint density at radius 3 is 2.67 bits per heavy atom. The molecule has 0 spiro atoms. The average Bonchev–Trinajstić information content (AvgIpc) is 3.05. The SMILES string of the molecule is Cc1ccc(-c2ncnc(Nc3ccc4ncoc4c3)c2O)cc1. The second kappa shape index (κ2) is 5.66. The van der Waals surface area contributed by atoms with Gasteiger partial charge in [-0.3, -0.25) is 0 Å². The van der Waals surface area contributed by atoms with Crippen molar-refractivity contribution in [1.29, 1.82) is 0 Å². The summed E-state index contributed by atoms with van der Waals surface area (Å²) < 4.78 is 5.28. The lowest BCUT2D eigenvalue weighted by atomic mass is 10.1. The molecule has 4 rings (SSSR count). The Hall–Kier alpha value is -3.41. The summed E-state index contributed by atoms with van der Waals surface area (Å²) >= 11 is 0. The topological polar surface area (TPSA) is 84.1 Å². The predicted octanol–water partition coefficient (Wildman–Crippen LogP) is 4.04. The smallest absolute Gasteiger partial charge is 0.185 e. The molecular weight excluding hydrogens is 304 g/mol. The summed E-state index contributed by atoms with van der Waals surface area (Å²) in [5, 5.41) is 13.6. The average molecular weight is 318 g/mol. The van der Waals surface area contributed by atoms with E-state index in [2.05, 4.69) is 20.3 Å². The van der Waals surface area contributed by atoms with Crippen LogP contribution in [-0.4, -0.2) is 20.1 Å². The number of fused-ring (bicyclic) bond motifs is 1. The van der Waals surface area contributed by atoms with Crippen LogP contribution in [-0.2, 0) is 0 Å². The van der Waals surface area contributed by atoms with Gasteiger partial charge in [-0.1, -0.05) is 29.8 Å². The van der Waals surface area contributed by atoms with Gasteiger partial charge in [-0.2, -0.15) is 0 Å². The number of oxazole rings is 1. The Kier molecular flexibility index (Phi) is 3.35. The van der Waals surface area contributed by atoms with Crippen molar-refractivity contribution in [3.8, 4) is 17.0 Å². The normalized spacial score (nSPS) is 10.9. The fourth-order valence-corrected chi connectivity index (χ4v) is 2.46. The van der Waals surface area contributed by atoms with Crippen LogP contribution in [0, 0.1) is 6.92 Å². The van der Waals surface area contributed by atoms with Crippen molar-refractivity contribution in [2.24, 2.45) is 0 Å². The van der Waals surface area contributed by atoms with Crippen LogP contribution in [0.1, 0.15) is 5.56 Å². The molecule has 4 aromatic rings. The molecule has 0 atom stereocenters. The lowest BCUT2D eigenvalue weighted by Gasteiger charge is -2.10. The molecule has 24 heavy (non-hydrogen) atoms. The Labute approximate surface area is 137 Å². The number of rotatable bonds is 3. The van der Waals surface area contributed by atoms with Gasteiger partial charge >= 0.3 is 0 Å². The van der Waals surface area contributed by atoms with E-state index >= 15 is 0 Å². The fraction of sp³-hybridized carbons (Fsp3) is 0.0556. The van der Waals surface area contributed by atoms with Gasteiger partial charge in [-0.15, -0.1) is 0 Å². The lowest BCUT2D eigenvalue weighted by molar-refractivity contribution is 0.475. The summed E-state index contributed by atoms with van der Waals surface area (Å²) in [5.41, 5.74) is 4.62. The minimum absolute atomic E-state index is 0.000908. The van der Waals surface area contributed by atoms with E-state index in [0.717, 1.165) is 22.3 Å². The fourth-order valence-electron chi connectivity index (χ4n) is 2.46. The van der Waals surface area contributed by atoms with Gasteiger partial charge < -0.3 is 14.8 Å². The Balaban J connectivity index is 1.70. The molecule has 6 nitrogen and oxygen atoms in total. The van der Waals surface area contributed by atoms with E-state index in [0.29, 0.717) is 17.1 Å². The first kappa shape index (κ1) is 14.2. The molecule has 0 saturated carbocycles. The molecule has 2 heterocycles. The van der Waals surface area contributed by atoms with Crippen LogP contribution in [0.4, 0.5) is 11.5 Å². The van der Waals surface area contributed by atoms with E-state index in [1.54, 1.807) is 6.07 Å². The standard InChI is InChI=1S/C18H14N4O2/c1-11-2-4-12(5-3-11)16-17(23)18(20-9-19-16)22-13-6-7-14-15(8-13)24-10-21-14/h2-10,23H,1H3,(H,19,20,22). The van der Waals surface area contributed by atoms with Crippen LogP contribution in [0.2, 0.25) is 0 Å². The third-order valence-electron chi connectivity index (χ3n) is 3.74. The Morgan fingerprint density at radius 2 is 1.83 bits per heavy atom. The van der Waals surface area contributed by atoms with Crippen molar-refractivity contribution in [3.63, 3.8) is 0 Å². The van der Waals surface area contributed by atoms with Crippen LogP contribution < -0.4 is 5.32 Å². The second-order valence-corrected chi connectivity index (χ2v) is 5.45. The van der Waals surface area contributed by atoms with Crippen molar-refractivity contribution in [1.82, 2.24) is 15.0 Å². The number of aromatic nitrogens is 3. The minimum Gasteiger partial charge on any atom is -0.503 e. The van der Waals surface area contributed by atoms with Crippen molar-refractivity contribution >= 4 is 22.6 Å². The first-order valence-corrected chi connectivity index (χ1v) is 7.42. The number of anilines is 2. The van der Waals surface area contributed by atoms with Gasteiger partial charge in [0.1, 0.15) is 17.5 Å². The molecule has 0 aliphatic rings. The number of benzene rings is 2. The lowest BCUT2D eigenvalue weighted by Crippen LogP contribution is -1.97. The molecule has 0 aliphatic carbocycles. The van der Waals surface area contributed by atoms with Crippen LogP contribution in [0.15, 0.2) is 59.6 Å². The molecule has 6 heteroatoms. The molecule has 0 radical (unpaired) electrons. The number of hydrogen-bond acceptors (Lipinski definition) is 6. The summed E-state index contributed by atoms with van der Waals surface area (Å²) in [4.78, 5) is 12.4. The highest BCUT2D eigenvalue weighted by molar-refractivity contribution is 5.80. The van der Waals surface area contributed by atoms with Crippen molar-refractivity contribution in [3.05, 3.63) is 60.7 Å². The molecule has 0 fully saturated rings. The van der Waals surface area contributed by atoms with Crippen molar-refractivity contribution in [2.75, 3.05) is 5.32 Å². The van der Waals surface area contributed by atoms with Gasteiger partial charge in [-0.05, 0) is 19.1 Å². The van der Waals surface area contributed by atoms with Crippen LogP contribution in [0.3, 0.4) is 0 Å². The molecule has 0 saturated heterocycles. The van der Waals surface area contributed by atoms with Gasteiger partial charge in [0, 0.05) is 17.3 Å². The zero-order chi connectivity index (χ0) is 16.5. The molecule has 0 unspecified atom stereocenters. The quantitative estimate of drug-likeness (QED) is 0.593. The second-order valence-electron chi connectivity index (χ2n) is 5.45. The Morgan fingerprint density at radius 1 is 1.00 bits per heavy atom. The first-order valence-electron chi connectivity index (χ1n) is 7.42. The van der Waals surface area contributed by atoms with Crippen molar-refractivity contribution < 1.29 is 9.52 Å². The van der Waals surface area contributed by atoms with E-state index in [1.807, 2.05) is 43.3 Å². The number of nitrogens with one attached hydrogen (secondary N) is 1. The van der Waals surface area contributed by atoms with Gasteiger partial charge in [0.2, 0.25) is 0 Å². The summed E-state index contributed by atoms with van der Waals surface area (Å²) in [6, 6.07) is 13.3. The summed E-state index contributed by atoms with van der Waals surface area (Å²) in [6.07, 6.45) is 2.82. The summed E-state index contributed by atoms with van der Waals surface area (Å²) in [7, 11) is 0. The molecule has 0 aliphatic heterocycles. The zero-order valence-corrected chi connectivity index (χ0v) is 12.9. The molecule has 118 valence electrons. The van der Waals surface area contributed by atoms with E-state index in [9.17, 15) is 5.11 Å². The van der Waals surface area contributed by atoms with Gasteiger partial charge in [-0.25, -0.2) is 15.0 Å². The van der Waals surface area contributed by atoms with E-state index in [1.165, 1.54) is 12.7 Å². The van der Waals surface area contributed by atoms with Crippen LogP contribution >= 0.6 is 0 Å². The van der Waals surface area contributed by atoms with Gasteiger partial charge in [0.15, 0.2) is 23.5 Å². The summed E-state index contributed by atoms with van der Waals surface area (Å²) in [6.45, 7) is 2.01. The third kappa shape index (κ3) is 2.54. The maximum Gasteiger partial charge on any atom is 0.185 e. The first-order chi connectivity index (χ1) is 11.7.